The van der Waals surface area contributed by atoms with Crippen molar-refractivity contribution in [1.82, 2.24) is 9.37 Å². The zero-order chi connectivity index (χ0) is 15.2. The maximum atomic E-state index is 12.2. The third-order valence-electron chi connectivity index (χ3n) is 3.54. The van der Waals surface area contributed by atoms with E-state index in [2.05, 4.69) is 0 Å². The number of rotatable bonds is 8. The van der Waals surface area contributed by atoms with Gasteiger partial charge < -0.3 is 4.74 Å². The molecule has 1 saturated heterocycles. The van der Waals surface area contributed by atoms with Crippen molar-refractivity contribution in [3.63, 3.8) is 0 Å². The maximum Gasteiger partial charge on any atom is 0.233 e. The van der Waals surface area contributed by atoms with Crippen LogP contribution in [-0.2, 0) is 19.6 Å². The fourth-order valence-corrected chi connectivity index (χ4v) is 3.97. The summed E-state index contributed by atoms with van der Waals surface area (Å²) in [6, 6.07) is -0.751. The molecule has 0 aromatic rings. The highest BCUT2D eigenvalue weighted by Crippen LogP contribution is 2.20. The topological polar surface area (TPSA) is 87.2 Å². The molecule has 1 unspecified atom stereocenters. The Kier molecular flexibility index (Phi) is 6.87. The molecule has 0 saturated carbocycles. The highest BCUT2D eigenvalue weighted by atomic mass is 32.2. The van der Waals surface area contributed by atoms with Crippen molar-refractivity contribution >= 4 is 16.4 Å². The van der Waals surface area contributed by atoms with Gasteiger partial charge in [0.15, 0.2) is 0 Å². The van der Waals surface area contributed by atoms with Gasteiger partial charge in [-0.1, -0.05) is 0 Å². The minimum Gasteiger partial charge on any atom is -0.381 e. The van der Waals surface area contributed by atoms with Crippen LogP contribution in [0.25, 0.3) is 0 Å². The van der Waals surface area contributed by atoms with Crippen molar-refractivity contribution in [2.24, 2.45) is 5.92 Å². The maximum absolute atomic E-state index is 12.2. The minimum absolute atomic E-state index is 0.217. The first-order valence-electron chi connectivity index (χ1n) is 6.88. The van der Waals surface area contributed by atoms with Crippen molar-refractivity contribution < 1.29 is 23.2 Å². The van der Waals surface area contributed by atoms with Gasteiger partial charge in [-0.3, -0.25) is 10.0 Å². The van der Waals surface area contributed by atoms with Crippen molar-refractivity contribution in [2.75, 3.05) is 32.1 Å². The molecule has 1 rings (SSSR count). The van der Waals surface area contributed by atoms with E-state index < -0.39 is 16.1 Å². The number of piperidine rings is 1. The Morgan fingerprint density at radius 1 is 1.45 bits per heavy atom. The number of ether oxygens (including phenoxy) is 1. The fourth-order valence-electron chi connectivity index (χ4n) is 2.23. The molecule has 0 radical (unpaired) electrons. The van der Waals surface area contributed by atoms with E-state index in [-0.39, 0.29) is 12.2 Å². The third-order valence-corrected chi connectivity index (χ3v) is 5.59. The van der Waals surface area contributed by atoms with Crippen LogP contribution in [0.5, 0.6) is 0 Å². The number of amides is 1. The Labute approximate surface area is 120 Å². The number of carbonyl (C=O) groups excluding carboxylic acids is 1. The molecule has 1 N–H and O–H groups in total. The second-order valence-corrected chi connectivity index (χ2v) is 7.13. The van der Waals surface area contributed by atoms with Gasteiger partial charge in [0.2, 0.25) is 16.4 Å². The molecule has 20 heavy (non-hydrogen) atoms. The van der Waals surface area contributed by atoms with Crippen molar-refractivity contribution in [2.45, 2.75) is 32.7 Å². The molecule has 1 fully saturated rings. The van der Waals surface area contributed by atoms with E-state index in [0.29, 0.717) is 37.3 Å². The van der Waals surface area contributed by atoms with E-state index in [0.717, 1.165) is 12.8 Å². The predicted molar refractivity (Wildman–Crippen MR) is 73.7 cm³/mol. The molecular weight excluding hydrogens is 284 g/mol. The molecule has 0 spiro atoms. The van der Waals surface area contributed by atoms with Crippen LogP contribution < -0.4 is 0 Å². The van der Waals surface area contributed by atoms with Crippen LogP contribution in [0.2, 0.25) is 0 Å². The third kappa shape index (κ3) is 5.01. The van der Waals surface area contributed by atoms with Gasteiger partial charge in [0.25, 0.3) is 0 Å². The lowest BCUT2D eigenvalue weighted by molar-refractivity contribution is -0.156. The molecule has 1 aliphatic rings. The summed E-state index contributed by atoms with van der Waals surface area (Å²) in [6.45, 7) is 5.73. The zero-order valence-corrected chi connectivity index (χ0v) is 12.9. The van der Waals surface area contributed by atoms with E-state index in [1.54, 1.807) is 0 Å². The quantitative estimate of drug-likeness (QED) is 0.396. The molecule has 118 valence electrons. The number of carbonyl (C=O) groups is 1. The van der Waals surface area contributed by atoms with E-state index in [1.807, 2.05) is 6.92 Å². The highest BCUT2D eigenvalue weighted by molar-refractivity contribution is 7.89. The number of nitrogens with zero attached hydrogens (tertiary/aromatic N) is 2. The van der Waals surface area contributed by atoms with E-state index in [9.17, 15) is 18.4 Å². The van der Waals surface area contributed by atoms with Gasteiger partial charge in [0.1, 0.15) is 0 Å². The lowest BCUT2D eigenvalue weighted by atomic mass is 9.99. The van der Waals surface area contributed by atoms with Crippen LogP contribution in [0.3, 0.4) is 0 Å². The Balaban J connectivity index is 2.48. The van der Waals surface area contributed by atoms with Gasteiger partial charge in [-0.15, -0.1) is 0 Å². The van der Waals surface area contributed by atoms with E-state index in [4.69, 9.17) is 4.74 Å². The lowest BCUT2D eigenvalue weighted by Gasteiger charge is -2.32. The summed E-state index contributed by atoms with van der Waals surface area (Å²) < 4.78 is 31.1. The van der Waals surface area contributed by atoms with Crippen molar-refractivity contribution in [1.29, 1.82) is 0 Å². The SMILES string of the molecule is CCOCC1CCN(S(=O)(=O)CC(C)N(O)C=O)CC1. The summed E-state index contributed by atoms with van der Waals surface area (Å²) in [7, 11) is -3.45. The Morgan fingerprint density at radius 3 is 2.55 bits per heavy atom. The van der Waals surface area contributed by atoms with Gasteiger partial charge in [0.05, 0.1) is 11.8 Å². The molecule has 7 nitrogen and oxygen atoms in total. The molecular formula is C12H24N2O5S. The van der Waals surface area contributed by atoms with Crippen LogP contribution in [0, 0.1) is 5.92 Å². The second-order valence-electron chi connectivity index (χ2n) is 5.11. The van der Waals surface area contributed by atoms with Gasteiger partial charge >= 0.3 is 0 Å². The predicted octanol–water partition coefficient (Wildman–Crippen LogP) is 0.301. The Morgan fingerprint density at radius 2 is 2.05 bits per heavy atom. The van der Waals surface area contributed by atoms with Gasteiger partial charge in [-0.05, 0) is 32.6 Å². The van der Waals surface area contributed by atoms with Crippen LogP contribution in [-0.4, -0.2) is 67.5 Å². The molecule has 1 aliphatic heterocycles. The van der Waals surface area contributed by atoms with Crippen LogP contribution in [0.4, 0.5) is 0 Å². The first-order chi connectivity index (χ1) is 9.40. The first-order valence-corrected chi connectivity index (χ1v) is 8.49. The fraction of sp³-hybridized carbons (Fsp3) is 0.917. The summed E-state index contributed by atoms with van der Waals surface area (Å²) in [5.74, 6) is 0.140. The minimum atomic E-state index is -3.45. The van der Waals surface area contributed by atoms with E-state index >= 15 is 0 Å². The molecule has 0 bridgehead atoms. The van der Waals surface area contributed by atoms with Crippen LogP contribution in [0.15, 0.2) is 0 Å². The summed E-state index contributed by atoms with van der Waals surface area (Å²) in [5, 5.41) is 9.58. The van der Waals surface area contributed by atoms with E-state index in [1.165, 1.54) is 11.2 Å². The normalized spacial score (nSPS) is 19.8. The van der Waals surface area contributed by atoms with Gasteiger partial charge in [-0.25, -0.2) is 17.8 Å². The number of hydrogen-bond acceptors (Lipinski definition) is 5. The zero-order valence-electron chi connectivity index (χ0n) is 12.1. The van der Waals surface area contributed by atoms with Crippen molar-refractivity contribution in [3.05, 3.63) is 0 Å². The Hall–Kier alpha value is -0.700. The molecule has 0 aromatic carbocycles. The van der Waals surface area contributed by atoms with Crippen molar-refractivity contribution in [3.8, 4) is 0 Å². The summed E-state index contributed by atoms with van der Waals surface area (Å²) in [5.41, 5.74) is 0. The smallest absolute Gasteiger partial charge is 0.233 e. The molecule has 1 amide bonds. The molecule has 1 atom stereocenters. The largest absolute Gasteiger partial charge is 0.381 e. The van der Waals surface area contributed by atoms with Gasteiger partial charge in [-0.2, -0.15) is 0 Å². The second kappa shape index (κ2) is 7.92. The molecule has 0 aliphatic carbocycles. The average molecular weight is 308 g/mol. The van der Waals surface area contributed by atoms with Gasteiger partial charge in [0, 0.05) is 26.3 Å². The lowest BCUT2D eigenvalue weighted by Crippen LogP contribution is -2.45. The molecule has 0 aromatic heterocycles. The molecule has 8 heteroatoms. The molecule has 1 heterocycles. The number of sulfonamides is 1. The van der Waals surface area contributed by atoms with Crippen LogP contribution in [0.1, 0.15) is 26.7 Å². The summed E-state index contributed by atoms with van der Waals surface area (Å²) >= 11 is 0. The number of hydrogen-bond donors (Lipinski definition) is 1. The van der Waals surface area contributed by atoms with Crippen LogP contribution >= 0.6 is 0 Å². The monoisotopic (exact) mass is 308 g/mol. The standard InChI is InChI=1S/C12H24N2O5S/c1-3-19-8-12-4-6-13(7-5-12)20(17,18)9-11(2)14(16)10-15/h10-12,16H,3-9H2,1-2H3. The highest BCUT2D eigenvalue weighted by Gasteiger charge is 2.30. The first kappa shape index (κ1) is 17.4. The average Bonchev–Trinajstić information content (AvgIpc) is 2.44. The summed E-state index contributed by atoms with van der Waals surface area (Å²) in [4.78, 5) is 10.4. The summed E-state index contributed by atoms with van der Waals surface area (Å²) in [6.07, 6.45) is 1.78. The number of hydroxylamine groups is 2. The Bertz CT molecular complexity index is 393.